The summed E-state index contributed by atoms with van der Waals surface area (Å²) in [5.41, 5.74) is 0.170. The minimum absolute atomic E-state index is 0.0301. The molecule has 0 aliphatic carbocycles. The zero-order chi connectivity index (χ0) is 13.3. The molecule has 1 atom stereocenters. The second-order valence-corrected chi connectivity index (χ2v) is 5.72. The van der Waals surface area contributed by atoms with Crippen LogP contribution in [0.1, 0.15) is 31.0 Å². The number of piperazine rings is 1. The monoisotopic (exact) mass is 267 g/mol. The molecule has 1 aliphatic heterocycles. The lowest BCUT2D eigenvalue weighted by atomic mass is 9.94. The van der Waals surface area contributed by atoms with Gasteiger partial charge in [-0.05, 0) is 20.3 Å². The number of nitrogens with zero attached hydrogens (tertiary/aromatic N) is 2. The summed E-state index contributed by atoms with van der Waals surface area (Å²) in [6.07, 6.45) is 0.588. The summed E-state index contributed by atoms with van der Waals surface area (Å²) >= 11 is 1.52. The highest BCUT2D eigenvalue weighted by Gasteiger charge is 2.41. The summed E-state index contributed by atoms with van der Waals surface area (Å²) in [6, 6.07) is 0. The van der Waals surface area contributed by atoms with Crippen molar-refractivity contribution >= 4 is 23.2 Å². The maximum Gasteiger partial charge on any atom is 0.248 e. The normalized spacial score (nSPS) is 24.3. The lowest BCUT2D eigenvalue weighted by Crippen LogP contribution is -2.64. The molecule has 1 fully saturated rings. The van der Waals surface area contributed by atoms with E-state index in [0.29, 0.717) is 13.0 Å². The van der Waals surface area contributed by atoms with Gasteiger partial charge in [0.25, 0.3) is 0 Å². The third-order valence-corrected chi connectivity index (χ3v) is 4.16. The summed E-state index contributed by atoms with van der Waals surface area (Å²) < 4.78 is 0. The number of nitrogens with one attached hydrogen (secondary N) is 1. The third-order valence-electron chi connectivity index (χ3n) is 3.21. The van der Waals surface area contributed by atoms with E-state index in [0.717, 1.165) is 10.7 Å². The Morgan fingerprint density at radius 1 is 1.56 bits per heavy atom. The van der Waals surface area contributed by atoms with Crippen LogP contribution in [0.4, 0.5) is 0 Å². The maximum absolute atomic E-state index is 12.3. The van der Waals surface area contributed by atoms with Gasteiger partial charge in [0.05, 0.1) is 6.54 Å². The van der Waals surface area contributed by atoms with Gasteiger partial charge in [-0.25, -0.2) is 4.98 Å². The summed E-state index contributed by atoms with van der Waals surface area (Å²) in [6.45, 7) is 6.12. The number of aryl methyl sites for hydroxylation is 1. The molecule has 1 unspecified atom stereocenters. The molecule has 1 aromatic rings. The zero-order valence-electron chi connectivity index (χ0n) is 10.8. The number of carbonyl (C=O) groups is 2. The van der Waals surface area contributed by atoms with Gasteiger partial charge in [0.15, 0.2) is 0 Å². The molecule has 0 saturated carbocycles. The van der Waals surface area contributed by atoms with Crippen molar-refractivity contribution in [2.24, 2.45) is 0 Å². The average Bonchev–Trinajstić information content (AvgIpc) is 2.71. The van der Waals surface area contributed by atoms with Crippen LogP contribution >= 0.6 is 11.3 Å². The fourth-order valence-electron chi connectivity index (χ4n) is 2.00. The number of amides is 2. The van der Waals surface area contributed by atoms with E-state index >= 15 is 0 Å². The summed E-state index contributed by atoms with van der Waals surface area (Å²) in [4.78, 5) is 29.9. The second kappa shape index (κ2) is 4.68. The third kappa shape index (κ3) is 2.38. The molecule has 98 valence electrons. The number of hydrogen-bond acceptors (Lipinski definition) is 4. The van der Waals surface area contributed by atoms with Gasteiger partial charge in [-0.1, -0.05) is 6.92 Å². The predicted octanol–water partition coefficient (Wildman–Crippen LogP) is 1.08. The Kier molecular flexibility index (Phi) is 3.38. The molecular formula is C12H17N3O2S. The van der Waals surface area contributed by atoms with Gasteiger partial charge in [0.1, 0.15) is 17.1 Å². The van der Waals surface area contributed by atoms with Crippen molar-refractivity contribution in [3.63, 3.8) is 0 Å². The Bertz CT molecular complexity index is 485. The molecule has 0 bridgehead atoms. The van der Waals surface area contributed by atoms with E-state index in [9.17, 15) is 9.59 Å². The Hall–Kier alpha value is -1.43. The lowest BCUT2D eigenvalue weighted by molar-refractivity contribution is -0.149. The van der Waals surface area contributed by atoms with Crippen molar-refractivity contribution in [3.8, 4) is 0 Å². The largest absolute Gasteiger partial charge is 0.340 e. The molecule has 5 nitrogen and oxygen atoms in total. The van der Waals surface area contributed by atoms with Crippen LogP contribution in [-0.4, -0.2) is 33.8 Å². The van der Waals surface area contributed by atoms with E-state index < -0.39 is 5.54 Å². The van der Waals surface area contributed by atoms with E-state index in [2.05, 4.69) is 10.3 Å². The summed E-state index contributed by atoms with van der Waals surface area (Å²) in [5, 5.41) is 5.58. The van der Waals surface area contributed by atoms with Gasteiger partial charge in [-0.3, -0.25) is 9.59 Å². The van der Waals surface area contributed by atoms with Gasteiger partial charge in [-0.15, -0.1) is 11.3 Å². The number of carbonyl (C=O) groups excluding carboxylic acids is 2. The van der Waals surface area contributed by atoms with Crippen molar-refractivity contribution in [1.82, 2.24) is 15.2 Å². The molecule has 6 heteroatoms. The first-order valence-corrected chi connectivity index (χ1v) is 6.84. The zero-order valence-corrected chi connectivity index (χ0v) is 11.6. The van der Waals surface area contributed by atoms with E-state index in [1.165, 1.54) is 11.3 Å². The highest BCUT2D eigenvalue weighted by atomic mass is 32.1. The second-order valence-electron chi connectivity index (χ2n) is 4.78. The molecule has 1 saturated heterocycles. The first-order valence-electron chi connectivity index (χ1n) is 5.96. The molecule has 0 spiro atoms. The Labute approximate surface area is 110 Å². The van der Waals surface area contributed by atoms with Crippen LogP contribution in [0.5, 0.6) is 0 Å². The molecule has 1 N–H and O–H groups in total. The molecule has 0 aromatic carbocycles. The molecule has 18 heavy (non-hydrogen) atoms. The standard InChI is InChI=1S/C12H17N3O2S/c1-4-12(3)11(17)15(5-9(16)14-12)6-10-13-8(2)7-18-10/h7H,4-6H2,1-3H3,(H,14,16). The Morgan fingerprint density at radius 2 is 2.28 bits per heavy atom. The van der Waals surface area contributed by atoms with Gasteiger partial charge in [0.2, 0.25) is 11.8 Å². The SMILES string of the molecule is CCC1(C)NC(=O)CN(Cc2nc(C)cs2)C1=O. The van der Waals surface area contributed by atoms with Crippen LogP contribution in [0, 0.1) is 6.92 Å². The van der Waals surface area contributed by atoms with Crippen LogP contribution in [-0.2, 0) is 16.1 Å². The average molecular weight is 267 g/mol. The lowest BCUT2D eigenvalue weighted by Gasteiger charge is -2.38. The van der Waals surface area contributed by atoms with E-state index in [-0.39, 0.29) is 18.4 Å². The number of rotatable bonds is 3. The topological polar surface area (TPSA) is 62.3 Å². The molecular weight excluding hydrogens is 250 g/mol. The number of thiazole rings is 1. The summed E-state index contributed by atoms with van der Waals surface area (Å²) in [7, 11) is 0. The van der Waals surface area contributed by atoms with Crippen molar-refractivity contribution in [3.05, 3.63) is 16.1 Å². The van der Waals surface area contributed by atoms with Gasteiger partial charge in [0, 0.05) is 11.1 Å². The van der Waals surface area contributed by atoms with Crippen molar-refractivity contribution < 1.29 is 9.59 Å². The molecule has 2 rings (SSSR count). The first-order chi connectivity index (χ1) is 8.44. The Morgan fingerprint density at radius 3 is 2.83 bits per heavy atom. The van der Waals surface area contributed by atoms with Crippen LogP contribution in [0.3, 0.4) is 0 Å². The number of aromatic nitrogens is 1. The smallest absolute Gasteiger partial charge is 0.248 e. The molecule has 2 amide bonds. The van der Waals surface area contributed by atoms with Crippen LogP contribution in [0.15, 0.2) is 5.38 Å². The molecule has 1 aromatic heterocycles. The number of hydrogen-bond donors (Lipinski definition) is 1. The maximum atomic E-state index is 12.3. The fourth-order valence-corrected chi connectivity index (χ4v) is 2.79. The van der Waals surface area contributed by atoms with E-state index in [4.69, 9.17) is 0 Å². The van der Waals surface area contributed by atoms with E-state index in [1.807, 2.05) is 19.2 Å². The van der Waals surface area contributed by atoms with Gasteiger partial charge < -0.3 is 10.2 Å². The Balaban J connectivity index is 2.17. The highest BCUT2D eigenvalue weighted by molar-refractivity contribution is 7.09. The van der Waals surface area contributed by atoms with Crippen molar-refractivity contribution in [2.75, 3.05) is 6.54 Å². The van der Waals surface area contributed by atoms with Gasteiger partial charge in [-0.2, -0.15) is 0 Å². The van der Waals surface area contributed by atoms with Crippen LogP contribution in [0.25, 0.3) is 0 Å². The minimum atomic E-state index is -0.776. The quantitative estimate of drug-likeness (QED) is 0.891. The van der Waals surface area contributed by atoms with Gasteiger partial charge >= 0.3 is 0 Å². The summed E-state index contributed by atoms with van der Waals surface area (Å²) in [5.74, 6) is -0.135. The fraction of sp³-hybridized carbons (Fsp3) is 0.583. The predicted molar refractivity (Wildman–Crippen MR) is 69.1 cm³/mol. The first kappa shape index (κ1) is 13.0. The van der Waals surface area contributed by atoms with Crippen molar-refractivity contribution in [1.29, 1.82) is 0 Å². The van der Waals surface area contributed by atoms with Crippen molar-refractivity contribution in [2.45, 2.75) is 39.3 Å². The molecule has 1 aliphatic rings. The highest BCUT2D eigenvalue weighted by Crippen LogP contribution is 2.20. The van der Waals surface area contributed by atoms with Crippen LogP contribution in [0.2, 0.25) is 0 Å². The van der Waals surface area contributed by atoms with E-state index in [1.54, 1.807) is 11.8 Å². The van der Waals surface area contributed by atoms with Crippen LogP contribution < -0.4 is 5.32 Å². The minimum Gasteiger partial charge on any atom is -0.340 e. The molecule has 0 radical (unpaired) electrons. The molecule has 2 heterocycles.